The summed E-state index contributed by atoms with van der Waals surface area (Å²) in [7, 11) is -1.64. The first-order valence-electron chi connectivity index (χ1n) is 7.55. The number of carbonyl (C=O) groups excluding carboxylic acids is 2. The van der Waals surface area contributed by atoms with Crippen molar-refractivity contribution in [3.63, 3.8) is 0 Å². The van der Waals surface area contributed by atoms with Crippen molar-refractivity contribution in [2.45, 2.75) is 32.8 Å². The summed E-state index contributed by atoms with van der Waals surface area (Å²) in [6.07, 6.45) is 2.63. The smallest absolute Gasteiger partial charge is 0.426 e. The van der Waals surface area contributed by atoms with Crippen LogP contribution in [0, 0.1) is 5.92 Å². The Morgan fingerprint density at radius 3 is 2.30 bits per heavy atom. The summed E-state index contributed by atoms with van der Waals surface area (Å²) in [4.78, 5) is 23.4. The molecule has 1 atom stereocenters. The molecule has 0 fully saturated rings. The lowest BCUT2D eigenvalue weighted by Gasteiger charge is -2.18. The molecule has 1 aromatic carbocycles. The van der Waals surface area contributed by atoms with Gasteiger partial charge in [-0.3, -0.25) is 9.59 Å². The monoisotopic (exact) mass is 318 g/mol. The Bertz CT molecular complexity index is 532. The van der Waals surface area contributed by atoms with E-state index in [9.17, 15) is 19.6 Å². The van der Waals surface area contributed by atoms with Crippen LogP contribution in [0.1, 0.15) is 25.8 Å². The normalized spacial score (nSPS) is 12.2. The van der Waals surface area contributed by atoms with Gasteiger partial charge in [-0.1, -0.05) is 44.2 Å². The van der Waals surface area contributed by atoms with E-state index in [1.54, 1.807) is 0 Å². The van der Waals surface area contributed by atoms with Crippen LogP contribution in [0.5, 0.6) is 0 Å². The third-order valence-electron chi connectivity index (χ3n) is 3.11. The number of nitrogens with one attached hydrogen (secondary N) is 2. The van der Waals surface area contributed by atoms with Gasteiger partial charge in [0.05, 0.1) is 5.94 Å². The molecule has 0 spiro atoms. The molecule has 0 aliphatic carbocycles. The van der Waals surface area contributed by atoms with E-state index in [4.69, 9.17) is 0 Å². The average molecular weight is 318 g/mol. The van der Waals surface area contributed by atoms with E-state index in [0.717, 1.165) is 17.7 Å². The van der Waals surface area contributed by atoms with Gasteiger partial charge in [0.25, 0.3) is 0 Å². The first-order chi connectivity index (χ1) is 10.9. The van der Waals surface area contributed by atoms with Gasteiger partial charge in [-0.25, -0.2) is 0 Å². The largest absolute Gasteiger partial charge is 0.475 e. The van der Waals surface area contributed by atoms with Crippen molar-refractivity contribution < 1.29 is 19.6 Å². The molecule has 23 heavy (non-hydrogen) atoms. The van der Waals surface area contributed by atoms with E-state index in [2.05, 4.69) is 10.6 Å². The zero-order valence-electron chi connectivity index (χ0n) is 13.4. The number of benzene rings is 1. The number of rotatable bonds is 8. The van der Waals surface area contributed by atoms with Crippen LogP contribution in [0.4, 0.5) is 0 Å². The molecule has 0 radical (unpaired) electrons. The van der Waals surface area contributed by atoms with Gasteiger partial charge in [0.1, 0.15) is 0 Å². The molecule has 6 nitrogen and oxygen atoms in total. The number of hydrogen-bond acceptors (Lipinski definition) is 4. The molecule has 0 heterocycles. The average Bonchev–Trinajstić information content (AvgIpc) is 2.50. The van der Waals surface area contributed by atoms with Gasteiger partial charge in [0.2, 0.25) is 11.8 Å². The Kier molecular flexibility index (Phi) is 8.08. The van der Waals surface area contributed by atoms with Crippen molar-refractivity contribution in [1.82, 2.24) is 10.6 Å². The molecular weight excluding hydrogens is 295 g/mol. The SMILES string of the molecule is CC(C)CC(NC(=O)/C=C/C(=O)NCc1ccccc1)B(O)O. The lowest BCUT2D eigenvalue weighted by Crippen LogP contribution is -2.46. The van der Waals surface area contributed by atoms with Gasteiger partial charge in [0.15, 0.2) is 0 Å². The van der Waals surface area contributed by atoms with Gasteiger partial charge in [0, 0.05) is 18.7 Å². The van der Waals surface area contributed by atoms with Crippen LogP contribution in [0.15, 0.2) is 42.5 Å². The maximum atomic E-state index is 11.7. The topological polar surface area (TPSA) is 98.7 Å². The Morgan fingerprint density at radius 2 is 1.74 bits per heavy atom. The van der Waals surface area contributed by atoms with Crippen LogP contribution in [0.2, 0.25) is 0 Å². The summed E-state index contributed by atoms with van der Waals surface area (Å²) in [5.74, 6) is -1.51. The molecule has 1 rings (SSSR count). The summed E-state index contributed by atoms with van der Waals surface area (Å²) >= 11 is 0. The van der Waals surface area contributed by atoms with Gasteiger partial charge in [-0.05, 0) is 17.9 Å². The second-order valence-electron chi connectivity index (χ2n) is 5.69. The zero-order chi connectivity index (χ0) is 17.2. The van der Waals surface area contributed by atoms with Crippen molar-refractivity contribution in [3.05, 3.63) is 48.0 Å². The van der Waals surface area contributed by atoms with Crippen LogP contribution >= 0.6 is 0 Å². The van der Waals surface area contributed by atoms with Crippen LogP contribution < -0.4 is 10.6 Å². The molecule has 1 aromatic rings. The molecule has 4 N–H and O–H groups in total. The highest BCUT2D eigenvalue weighted by molar-refractivity contribution is 6.43. The fourth-order valence-electron chi connectivity index (χ4n) is 1.99. The predicted molar refractivity (Wildman–Crippen MR) is 89.0 cm³/mol. The van der Waals surface area contributed by atoms with Crippen LogP contribution in [0.3, 0.4) is 0 Å². The highest BCUT2D eigenvalue weighted by Gasteiger charge is 2.25. The fourth-order valence-corrected chi connectivity index (χ4v) is 1.99. The number of amides is 2. The third kappa shape index (κ3) is 8.18. The molecule has 0 bridgehead atoms. The first-order valence-corrected chi connectivity index (χ1v) is 7.55. The Balaban J connectivity index is 2.42. The highest BCUT2D eigenvalue weighted by atomic mass is 16.4. The molecule has 124 valence electrons. The molecule has 1 unspecified atom stereocenters. The van der Waals surface area contributed by atoms with Crippen molar-refractivity contribution in [2.75, 3.05) is 0 Å². The maximum Gasteiger partial charge on any atom is 0.475 e. The van der Waals surface area contributed by atoms with E-state index in [1.807, 2.05) is 44.2 Å². The molecule has 0 aliphatic rings. The van der Waals surface area contributed by atoms with E-state index in [1.165, 1.54) is 0 Å². The molecule has 0 saturated carbocycles. The first kappa shape index (κ1) is 18.9. The van der Waals surface area contributed by atoms with Crippen LogP contribution in [0.25, 0.3) is 0 Å². The van der Waals surface area contributed by atoms with Gasteiger partial charge < -0.3 is 20.7 Å². The van der Waals surface area contributed by atoms with Crippen LogP contribution in [-0.2, 0) is 16.1 Å². The second kappa shape index (κ2) is 9.81. The molecule has 0 saturated heterocycles. The van der Waals surface area contributed by atoms with Crippen LogP contribution in [-0.4, -0.2) is 34.9 Å². The van der Waals surface area contributed by atoms with E-state index >= 15 is 0 Å². The van der Waals surface area contributed by atoms with Gasteiger partial charge in [-0.2, -0.15) is 0 Å². The second-order valence-corrected chi connectivity index (χ2v) is 5.69. The standard InChI is InChI=1S/C16H23BN2O4/c1-12(2)10-14(17(22)23)19-16(21)9-8-15(20)18-11-13-6-4-3-5-7-13/h3-9,12,14,22-23H,10-11H2,1-2H3,(H,18,20)(H,19,21)/b9-8+. The summed E-state index contributed by atoms with van der Waals surface area (Å²) < 4.78 is 0. The quantitative estimate of drug-likeness (QED) is 0.412. The van der Waals surface area contributed by atoms with Gasteiger partial charge in [-0.15, -0.1) is 0 Å². The summed E-state index contributed by atoms with van der Waals surface area (Å²) in [6, 6.07) is 9.41. The molecule has 2 amide bonds. The van der Waals surface area contributed by atoms with E-state index < -0.39 is 24.9 Å². The minimum atomic E-state index is -1.64. The third-order valence-corrected chi connectivity index (χ3v) is 3.11. The Hall–Kier alpha value is -2.12. The van der Waals surface area contributed by atoms with Crippen molar-refractivity contribution in [2.24, 2.45) is 5.92 Å². The molecular formula is C16H23BN2O4. The summed E-state index contributed by atoms with van der Waals surface area (Å²) in [5.41, 5.74) is 0.958. The predicted octanol–water partition coefficient (Wildman–Crippen LogP) is 0.402. The minimum Gasteiger partial charge on any atom is -0.426 e. The van der Waals surface area contributed by atoms with E-state index in [-0.39, 0.29) is 5.92 Å². The van der Waals surface area contributed by atoms with Crippen molar-refractivity contribution in [3.8, 4) is 0 Å². The van der Waals surface area contributed by atoms with Crippen molar-refractivity contribution >= 4 is 18.9 Å². The van der Waals surface area contributed by atoms with Crippen molar-refractivity contribution in [1.29, 1.82) is 0 Å². The summed E-state index contributed by atoms with van der Waals surface area (Å²) in [5, 5.41) is 23.6. The Morgan fingerprint density at radius 1 is 1.13 bits per heavy atom. The number of hydrogen-bond donors (Lipinski definition) is 4. The molecule has 7 heteroatoms. The molecule has 0 aromatic heterocycles. The van der Waals surface area contributed by atoms with E-state index in [0.29, 0.717) is 13.0 Å². The Labute approximate surface area is 136 Å². The fraction of sp³-hybridized carbons (Fsp3) is 0.375. The maximum absolute atomic E-state index is 11.7. The lowest BCUT2D eigenvalue weighted by atomic mass is 9.75. The van der Waals surface area contributed by atoms with Gasteiger partial charge >= 0.3 is 7.12 Å². The molecule has 0 aliphatic heterocycles. The lowest BCUT2D eigenvalue weighted by molar-refractivity contribution is -0.119. The minimum absolute atomic E-state index is 0.195. The highest BCUT2D eigenvalue weighted by Crippen LogP contribution is 2.05. The number of carbonyl (C=O) groups is 2. The zero-order valence-corrected chi connectivity index (χ0v) is 13.4. The summed E-state index contributed by atoms with van der Waals surface area (Å²) in [6.45, 7) is 4.19.